The van der Waals surface area contributed by atoms with Gasteiger partial charge in [-0.2, -0.15) is 0 Å². The molecular weight excluding hydrogens is 387 g/mol. The van der Waals surface area contributed by atoms with E-state index in [2.05, 4.69) is 9.97 Å². The number of hydrogen-bond donors (Lipinski definition) is 2. The predicted octanol–water partition coefficient (Wildman–Crippen LogP) is 4.03. The Hall–Kier alpha value is -4.00. The van der Waals surface area contributed by atoms with Gasteiger partial charge in [0.05, 0.1) is 12.6 Å². The van der Waals surface area contributed by atoms with Crippen molar-refractivity contribution in [2.75, 3.05) is 7.11 Å². The Morgan fingerprint density at radius 3 is 2.47 bits per heavy atom. The lowest BCUT2D eigenvalue weighted by molar-refractivity contribution is 0.0695. The molecule has 30 heavy (non-hydrogen) atoms. The minimum atomic E-state index is -1.35. The SMILES string of the molecule is COc1ccc(-c2ccc(Cc3cc(F)c4[nH]cc(C(=O)O)c(=O)c4c3)cc2)cn1. The molecule has 0 aliphatic carbocycles. The molecule has 4 rings (SSSR count). The lowest BCUT2D eigenvalue weighted by atomic mass is 9.99. The minimum absolute atomic E-state index is 0.00361. The summed E-state index contributed by atoms with van der Waals surface area (Å²) in [7, 11) is 1.56. The molecule has 0 unspecified atom stereocenters. The first-order chi connectivity index (χ1) is 14.5. The highest BCUT2D eigenvalue weighted by Crippen LogP contribution is 2.23. The van der Waals surface area contributed by atoms with Crippen molar-refractivity contribution >= 4 is 16.9 Å². The summed E-state index contributed by atoms with van der Waals surface area (Å²) in [5.41, 5.74) is 2.27. The molecule has 2 N–H and O–H groups in total. The highest BCUT2D eigenvalue weighted by molar-refractivity contribution is 5.92. The van der Waals surface area contributed by atoms with E-state index in [9.17, 15) is 14.0 Å². The van der Waals surface area contributed by atoms with Gasteiger partial charge in [-0.25, -0.2) is 14.2 Å². The lowest BCUT2D eigenvalue weighted by Crippen LogP contribution is -2.16. The largest absolute Gasteiger partial charge is 0.481 e. The van der Waals surface area contributed by atoms with E-state index in [1.54, 1.807) is 19.4 Å². The molecule has 0 fully saturated rings. The number of ether oxygens (including phenoxy) is 1. The Labute approximate surface area is 170 Å². The van der Waals surface area contributed by atoms with Crippen molar-refractivity contribution in [2.45, 2.75) is 6.42 Å². The number of H-pyrrole nitrogens is 1. The maximum Gasteiger partial charge on any atom is 0.341 e. The van der Waals surface area contributed by atoms with Gasteiger partial charge >= 0.3 is 5.97 Å². The van der Waals surface area contributed by atoms with Crippen LogP contribution in [0.15, 0.2) is 65.7 Å². The van der Waals surface area contributed by atoms with Crippen LogP contribution in [0, 0.1) is 5.82 Å². The molecule has 0 amide bonds. The Balaban J connectivity index is 1.64. The molecule has 2 aromatic heterocycles. The topological polar surface area (TPSA) is 92.3 Å². The van der Waals surface area contributed by atoms with Gasteiger partial charge < -0.3 is 14.8 Å². The fourth-order valence-electron chi connectivity index (χ4n) is 3.33. The molecule has 0 saturated heterocycles. The number of aromatic nitrogens is 2. The van der Waals surface area contributed by atoms with Crippen molar-refractivity contribution in [3.63, 3.8) is 0 Å². The number of aromatic carboxylic acids is 1. The summed E-state index contributed by atoms with van der Waals surface area (Å²) in [5.74, 6) is -1.42. The van der Waals surface area contributed by atoms with Crippen LogP contribution in [0.2, 0.25) is 0 Å². The van der Waals surface area contributed by atoms with Crippen molar-refractivity contribution in [1.29, 1.82) is 0 Å². The normalized spacial score (nSPS) is 10.9. The number of rotatable bonds is 5. The quantitative estimate of drug-likeness (QED) is 0.524. The van der Waals surface area contributed by atoms with Crippen molar-refractivity contribution in [2.24, 2.45) is 0 Å². The van der Waals surface area contributed by atoms with Gasteiger partial charge in [0.25, 0.3) is 0 Å². The van der Waals surface area contributed by atoms with E-state index in [1.165, 1.54) is 12.1 Å². The van der Waals surface area contributed by atoms with Crippen LogP contribution in [0.5, 0.6) is 5.88 Å². The molecule has 2 heterocycles. The van der Waals surface area contributed by atoms with Gasteiger partial charge in [0.2, 0.25) is 11.3 Å². The number of hydrogen-bond acceptors (Lipinski definition) is 4. The van der Waals surface area contributed by atoms with Gasteiger partial charge in [-0.1, -0.05) is 24.3 Å². The molecule has 0 radical (unpaired) electrons. The highest BCUT2D eigenvalue weighted by Gasteiger charge is 2.15. The fraction of sp³-hybridized carbons (Fsp3) is 0.0870. The van der Waals surface area contributed by atoms with Gasteiger partial charge in [-0.15, -0.1) is 0 Å². The number of halogens is 1. The van der Waals surface area contributed by atoms with Crippen LogP contribution in [0.4, 0.5) is 4.39 Å². The number of methoxy groups -OCH3 is 1. The van der Waals surface area contributed by atoms with Crippen LogP contribution in [0.1, 0.15) is 21.5 Å². The van der Waals surface area contributed by atoms with E-state index in [0.717, 1.165) is 22.9 Å². The van der Waals surface area contributed by atoms with Crippen LogP contribution in [-0.2, 0) is 6.42 Å². The molecule has 4 aromatic rings. The first-order valence-corrected chi connectivity index (χ1v) is 9.12. The van der Waals surface area contributed by atoms with E-state index in [4.69, 9.17) is 9.84 Å². The zero-order valence-electron chi connectivity index (χ0n) is 16.0. The Morgan fingerprint density at radius 2 is 1.83 bits per heavy atom. The average Bonchev–Trinajstić information content (AvgIpc) is 2.75. The minimum Gasteiger partial charge on any atom is -0.481 e. The standard InChI is InChI=1S/C23H17FN2O4/c1-30-20-7-6-16(11-25-20)15-4-2-13(3-5-15)8-14-9-17-21(19(24)10-14)26-12-18(22(17)27)23(28)29/h2-7,9-12H,8H2,1H3,(H,26,27)(H,28,29). The van der Waals surface area contributed by atoms with Gasteiger partial charge in [0.1, 0.15) is 11.4 Å². The second-order valence-electron chi connectivity index (χ2n) is 6.80. The molecule has 7 heteroatoms. The molecule has 0 bridgehead atoms. The second kappa shape index (κ2) is 7.79. The number of carboxylic acid groups (broad SMARTS) is 1. The number of carboxylic acids is 1. The molecule has 6 nitrogen and oxygen atoms in total. The molecule has 0 saturated carbocycles. The number of nitrogens with one attached hydrogen (secondary N) is 1. The summed E-state index contributed by atoms with van der Waals surface area (Å²) in [4.78, 5) is 30.3. The van der Waals surface area contributed by atoms with Crippen LogP contribution >= 0.6 is 0 Å². The second-order valence-corrected chi connectivity index (χ2v) is 6.80. The Bertz CT molecular complexity index is 1300. The molecule has 0 spiro atoms. The van der Waals surface area contributed by atoms with E-state index in [0.29, 0.717) is 17.9 Å². The average molecular weight is 404 g/mol. The summed E-state index contributed by atoms with van der Waals surface area (Å²) in [6.45, 7) is 0. The van der Waals surface area contributed by atoms with Crippen LogP contribution < -0.4 is 10.2 Å². The van der Waals surface area contributed by atoms with E-state index in [-0.39, 0.29) is 10.9 Å². The summed E-state index contributed by atoms with van der Waals surface area (Å²) < 4.78 is 19.5. The fourth-order valence-corrected chi connectivity index (χ4v) is 3.33. The van der Waals surface area contributed by atoms with Crippen molar-refractivity contribution in [3.05, 3.63) is 93.7 Å². The van der Waals surface area contributed by atoms with E-state index in [1.807, 2.05) is 30.3 Å². The summed E-state index contributed by atoms with van der Waals surface area (Å²) in [5, 5.41) is 9.14. The third kappa shape index (κ3) is 3.65. The Morgan fingerprint density at radius 1 is 1.10 bits per heavy atom. The molecule has 0 aliphatic rings. The molecule has 0 aliphatic heterocycles. The van der Waals surface area contributed by atoms with Gasteiger partial charge in [-0.05, 0) is 41.3 Å². The zero-order chi connectivity index (χ0) is 21.3. The molecule has 0 atom stereocenters. The number of carbonyl (C=O) groups is 1. The predicted molar refractivity (Wildman–Crippen MR) is 111 cm³/mol. The lowest BCUT2D eigenvalue weighted by Gasteiger charge is -2.08. The molecular formula is C23H17FN2O4. The number of nitrogens with zero attached hydrogens (tertiary/aromatic N) is 1. The number of aromatic amines is 1. The first-order valence-electron chi connectivity index (χ1n) is 9.12. The number of pyridine rings is 2. The number of benzene rings is 2. The van der Waals surface area contributed by atoms with Crippen LogP contribution in [0.3, 0.4) is 0 Å². The van der Waals surface area contributed by atoms with Gasteiger partial charge in [-0.3, -0.25) is 4.79 Å². The summed E-state index contributed by atoms with van der Waals surface area (Å²) in [6.07, 6.45) is 3.13. The summed E-state index contributed by atoms with van der Waals surface area (Å²) in [6, 6.07) is 14.3. The third-order valence-corrected chi connectivity index (χ3v) is 4.87. The smallest absolute Gasteiger partial charge is 0.341 e. The van der Waals surface area contributed by atoms with Crippen molar-refractivity contribution < 1.29 is 19.0 Å². The van der Waals surface area contributed by atoms with Crippen LogP contribution in [-0.4, -0.2) is 28.2 Å². The summed E-state index contributed by atoms with van der Waals surface area (Å²) >= 11 is 0. The van der Waals surface area contributed by atoms with E-state index < -0.39 is 22.8 Å². The maximum atomic E-state index is 14.5. The third-order valence-electron chi connectivity index (χ3n) is 4.87. The maximum absolute atomic E-state index is 14.5. The Kier molecular flexibility index (Phi) is 5.02. The van der Waals surface area contributed by atoms with Crippen molar-refractivity contribution in [1.82, 2.24) is 9.97 Å². The zero-order valence-corrected chi connectivity index (χ0v) is 16.0. The first kappa shape index (κ1) is 19.3. The van der Waals surface area contributed by atoms with Gasteiger partial charge in [0, 0.05) is 29.4 Å². The van der Waals surface area contributed by atoms with Gasteiger partial charge in [0.15, 0.2) is 0 Å². The highest BCUT2D eigenvalue weighted by atomic mass is 19.1. The monoisotopic (exact) mass is 404 g/mol. The number of fused-ring (bicyclic) bond motifs is 1. The van der Waals surface area contributed by atoms with Crippen LogP contribution in [0.25, 0.3) is 22.0 Å². The molecule has 150 valence electrons. The molecule has 2 aromatic carbocycles. The van der Waals surface area contributed by atoms with Crippen molar-refractivity contribution in [3.8, 4) is 17.0 Å². The van der Waals surface area contributed by atoms with E-state index >= 15 is 0 Å².